The maximum Gasteiger partial charge on any atom is 0.308 e. The number of esters is 1. The maximum absolute atomic E-state index is 11.7. The van der Waals surface area contributed by atoms with Gasteiger partial charge < -0.3 is 14.8 Å². The van der Waals surface area contributed by atoms with Gasteiger partial charge in [-0.2, -0.15) is 0 Å². The molecule has 1 aliphatic rings. The molecule has 1 aliphatic carbocycles. The van der Waals surface area contributed by atoms with Crippen LogP contribution in [0.3, 0.4) is 0 Å². The van der Waals surface area contributed by atoms with Crippen molar-refractivity contribution in [1.82, 2.24) is 5.32 Å². The Morgan fingerprint density at radius 1 is 1.14 bits per heavy atom. The fourth-order valence-corrected chi connectivity index (χ4v) is 2.99. The minimum absolute atomic E-state index is 0.0253. The molecule has 4 heteroatoms. The van der Waals surface area contributed by atoms with E-state index in [1.807, 2.05) is 32.0 Å². The lowest BCUT2D eigenvalue weighted by atomic mass is 9.86. The van der Waals surface area contributed by atoms with Crippen molar-refractivity contribution in [3.05, 3.63) is 29.8 Å². The van der Waals surface area contributed by atoms with Gasteiger partial charge in [0.05, 0.1) is 19.1 Å². The summed E-state index contributed by atoms with van der Waals surface area (Å²) in [7, 11) is 0. The second-order valence-corrected chi connectivity index (χ2v) is 5.72. The standard InChI is InChI=1S/C18H27NO3/c1-3-21-17-8-6-5-7-15(17)13-19-16-11-9-14(10-12-16)18(20)22-4-2/h5-8,14,16,19H,3-4,9-13H2,1-2H3. The zero-order chi connectivity index (χ0) is 15.8. The van der Waals surface area contributed by atoms with E-state index < -0.39 is 0 Å². The summed E-state index contributed by atoms with van der Waals surface area (Å²) in [4.78, 5) is 11.7. The zero-order valence-corrected chi connectivity index (χ0v) is 13.6. The SMILES string of the molecule is CCOC(=O)C1CCC(NCc2ccccc2OCC)CC1. The molecule has 0 saturated heterocycles. The molecule has 1 fully saturated rings. The molecule has 0 heterocycles. The molecule has 1 N–H and O–H groups in total. The summed E-state index contributed by atoms with van der Waals surface area (Å²) >= 11 is 0. The third-order valence-corrected chi connectivity index (χ3v) is 4.20. The highest BCUT2D eigenvalue weighted by Crippen LogP contribution is 2.26. The summed E-state index contributed by atoms with van der Waals surface area (Å²) in [6, 6.07) is 8.62. The van der Waals surface area contributed by atoms with Crippen molar-refractivity contribution in [3.63, 3.8) is 0 Å². The number of carbonyl (C=O) groups excluding carboxylic acids is 1. The predicted molar refractivity (Wildman–Crippen MR) is 86.8 cm³/mol. The van der Waals surface area contributed by atoms with Crippen molar-refractivity contribution >= 4 is 5.97 Å². The van der Waals surface area contributed by atoms with Gasteiger partial charge in [-0.3, -0.25) is 4.79 Å². The monoisotopic (exact) mass is 305 g/mol. The van der Waals surface area contributed by atoms with Crippen LogP contribution in [0.2, 0.25) is 0 Å². The molecule has 1 saturated carbocycles. The van der Waals surface area contributed by atoms with E-state index in [1.165, 1.54) is 5.56 Å². The Labute approximate surface area is 133 Å². The van der Waals surface area contributed by atoms with Crippen molar-refractivity contribution in [3.8, 4) is 5.75 Å². The van der Waals surface area contributed by atoms with Crippen molar-refractivity contribution < 1.29 is 14.3 Å². The predicted octanol–water partition coefficient (Wildman–Crippen LogP) is 3.30. The summed E-state index contributed by atoms with van der Waals surface area (Å²) in [5, 5.41) is 3.60. The lowest BCUT2D eigenvalue weighted by molar-refractivity contribution is -0.149. The topological polar surface area (TPSA) is 47.6 Å². The van der Waals surface area contributed by atoms with Crippen LogP contribution in [0.25, 0.3) is 0 Å². The molecule has 122 valence electrons. The highest BCUT2D eigenvalue weighted by Gasteiger charge is 2.26. The molecule has 0 bridgehead atoms. The van der Waals surface area contributed by atoms with Crippen LogP contribution in [0.15, 0.2) is 24.3 Å². The van der Waals surface area contributed by atoms with Crippen LogP contribution in [-0.4, -0.2) is 25.2 Å². The summed E-state index contributed by atoms with van der Waals surface area (Å²) in [5.74, 6) is 1.02. The summed E-state index contributed by atoms with van der Waals surface area (Å²) in [6.45, 7) is 5.83. The number of benzene rings is 1. The van der Waals surface area contributed by atoms with Gasteiger partial charge in [0, 0.05) is 18.2 Å². The first kappa shape index (κ1) is 16.8. The summed E-state index contributed by atoms with van der Waals surface area (Å²) in [5.41, 5.74) is 1.19. The van der Waals surface area contributed by atoms with Crippen LogP contribution in [0.1, 0.15) is 45.1 Å². The third kappa shape index (κ3) is 4.73. The minimum Gasteiger partial charge on any atom is -0.494 e. The smallest absolute Gasteiger partial charge is 0.308 e. The van der Waals surface area contributed by atoms with Crippen LogP contribution in [0.5, 0.6) is 5.75 Å². The molecule has 4 nitrogen and oxygen atoms in total. The van der Waals surface area contributed by atoms with Gasteiger partial charge in [0.1, 0.15) is 5.75 Å². The number of hydrogen-bond donors (Lipinski definition) is 1. The molecule has 0 amide bonds. The van der Waals surface area contributed by atoms with E-state index in [1.54, 1.807) is 0 Å². The van der Waals surface area contributed by atoms with Crippen molar-refractivity contribution in [2.45, 2.75) is 52.1 Å². The number of carbonyl (C=O) groups is 1. The molecular weight excluding hydrogens is 278 g/mol. The average molecular weight is 305 g/mol. The van der Waals surface area contributed by atoms with E-state index in [4.69, 9.17) is 9.47 Å². The molecule has 0 aliphatic heterocycles. The number of hydrogen-bond acceptors (Lipinski definition) is 4. The highest BCUT2D eigenvalue weighted by molar-refractivity contribution is 5.72. The quantitative estimate of drug-likeness (QED) is 0.785. The van der Waals surface area contributed by atoms with E-state index in [-0.39, 0.29) is 11.9 Å². The molecule has 1 aromatic carbocycles. The Hall–Kier alpha value is -1.55. The number of para-hydroxylation sites is 1. The molecule has 1 aromatic rings. The summed E-state index contributed by atoms with van der Waals surface area (Å²) < 4.78 is 10.8. The Bertz CT molecular complexity index is 467. The van der Waals surface area contributed by atoms with Crippen LogP contribution < -0.4 is 10.1 Å². The van der Waals surface area contributed by atoms with Crippen LogP contribution in [0, 0.1) is 5.92 Å². The van der Waals surface area contributed by atoms with E-state index in [0.29, 0.717) is 19.3 Å². The molecular formula is C18H27NO3. The van der Waals surface area contributed by atoms with E-state index >= 15 is 0 Å². The Balaban J connectivity index is 1.78. The first-order valence-electron chi connectivity index (χ1n) is 8.35. The van der Waals surface area contributed by atoms with Crippen LogP contribution in [-0.2, 0) is 16.1 Å². The molecule has 0 aromatic heterocycles. The average Bonchev–Trinajstić information content (AvgIpc) is 2.55. The third-order valence-electron chi connectivity index (χ3n) is 4.20. The van der Waals surface area contributed by atoms with Gasteiger partial charge >= 0.3 is 5.97 Å². The van der Waals surface area contributed by atoms with Crippen molar-refractivity contribution in [2.75, 3.05) is 13.2 Å². The van der Waals surface area contributed by atoms with Crippen molar-refractivity contribution in [2.24, 2.45) is 5.92 Å². The minimum atomic E-state index is -0.0253. The second kappa shape index (κ2) is 8.79. The Morgan fingerprint density at radius 2 is 1.86 bits per heavy atom. The van der Waals surface area contributed by atoms with Gasteiger partial charge in [0.15, 0.2) is 0 Å². The lowest BCUT2D eigenvalue weighted by Gasteiger charge is -2.28. The van der Waals surface area contributed by atoms with Crippen LogP contribution >= 0.6 is 0 Å². The van der Waals surface area contributed by atoms with E-state index in [0.717, 1.165) is 38.0 Å². The summed E-state index contributed by atoms with van der Waals surface area (Å²) in [6.07, 6.45) is 3.90. The first-order valence-corrected chi connectivity index (χ1v) is 8.35. The number of nitrogens with one attached hydrogen (secondary N) is 1. The molecule has 0 radical (unpaired) electrons. The normalized spacial score (nSPS) is 21.4. The van der Waals surface area contributed by atoms with Gasteiger partial charge in [-0.05, 0) is 45.6 Å². The fourth-order valence-electron chi connectivity index (χ4n) is 2.99. The van der Waals surface area contributed by atoms with Crippen molar-refractivity contribution in [1.29, 1.82) is 0 Å². The lowest BCUT2D eigenvalue weighted by Crippen LogP contribution is -2.35. The fraction of sp³-hybridized carbons (Fsp3) is 0.611. The maximum atomic E-state index is 11.7. The molecule has 0 unspecified atom stereocenters. The zero-order valence-electron chi connectivity index (χ0n) is 13.6. The van der Waals surface area contributed by atoms with Gasteiger partial charge in [-0.25, -0.2) is 0 Å². The first-order chi connectivity index (χ1) is 10.7. The second-order valence-electron chi connectivity index (χ2n) is 5.72. The Kier molecular flexibility index (Phi) is 6.72. The van der Waals surface area contributed by atoms with Gasteiger partial charge in [-0.15, -0.1) is 0 Å². The van der Waals surface area contributed by atoms with Gasteiger partial charge in [-0.1, -0.05) is 18.2 Å². The molecule has 2 rings (SSSR count). The van der Waals surface area contributed by atoms with Crippen LogP contribution in [0.4, 0.5) is 0 Å². The van der Waals surface area contributed by atoms with E-state index in [2.05, 4.69) is 11.4 Å². The Morgan fingerprint density at radius 3 is 2.55 bits per heavy atom. The van der Waals surface area contributed by atoms with E-state index in [9.17, 15) is 4.79 Å². The van der Waals surface area contributed by atoms with Gasteiger partial charge in [0.25, 0.3) is 0 Å². The highest BCUT2D eigenvalue weighted by atomic mass is 16.5. The molecule has 0 atom stereocenters. The number of ether oxygens (including phenoxy) is 2. The van der Waals surface area contributed by atoms with Gasteiger partial charge in [0.2, 0.25) is 0 Å². The molecule has 22 heavy (non-hydrogen) atoms. The largest absolute Gasteiger partial charge is 0.494 e. The number of rotatable bonds is 7. The molecule has 0 spiro atoms.